The molecule has 0 radical (unpaired) electrons. The molecule has 1 aromatic rings. The summed E-state index contributed by atoms with van der Waals surface area (Å²) in [5.41, 5.74) is 0.501. The molecule has 0 saturated heterocycles. The maximum Gasteiger partial charge on any atom is 0.310 e. The van der Waals surface area contributed by atoms with E-state index in [1.807, 2.05) is 6.92 Å². The fraction of sp³-hybridized carbons (Fsp3) is 0.417. The Kier molecular flexibility index (Phi) is 5.62. The van der Waals surface area contributed by atoms with E-state index >= 15 is 0 Å². The number of halogens is 1. The topological polar surface area (TPSA) is 69.7 Å². The highest BCUT2D eigenvalue weighted by atomic mass is 35.7. The summed E-state index contributed by atoms with van der Waals surface area (Å²) >= 11 is 0. The van der Waals surface area contributed by atoms with Crippen LogP contribution in [0.15, 0.2) is 23.1 Å². The number of hydrogen-bond acceptors (Lipinski definition) is 5. The molecule has 1 rings (SSSR count). The van der Waals surface area contributed by atoms with Crippen LogP contribution in [0, 0.1) is 0 Å². The van der Waals surface area contributed by atoms with Crippen molar-refractivity contribution in [2.45, 2.75) is 24.7 Å². The Morgan fingerprint density at radius 3 is 2.58 bits per heavy atom. The lowest BCUT2D eigenvalue weighted by molar-refractivity contribution is -0.142. The van der Waals surface area contributed by atoms with Crippen LogP contribution in [0.1, 0.15) is 18.9 Å². The van der Waals surface area contributed by atoms with Gasteiger partial charge in [-0.15, -0.1) is 0 Å². The van der Waals surface area contributed by atoms with Gasteiger partial charge in [0.25, 0.3) is 9.05 Å². The second-order valence-corrected chi connectivity index (χ2v) is 6.35. The highest BCUT2D eigenvalue weighted by molar-refractivity contribution is 8.13. The molecule has 0 aromatic heterocycles. The molecule has 0 fully saturated rings. The van der Waals surface area contributed by atoms with Crippen molar-refractivity contribution in [1.29, 1.82) is 0 Å². The molecule has 0 atom stereocenters. The van der Waals surface area contributed by atoms with Crippen molar-refractivity contribution in [2.75, 3.05) is 13.7 Å². The zero-order chi connectivity index (χ0) is 14.5. The van der Waals surface area contributed by atoms with Gasteiger partial charge < -0.3 is 9.47 Å². The summed E-state index contributed by atoms with van der Waals surface area (Å²) in [5, 5.41) is 0. The molecule has 106 valence electrons. The summed E-state index contributed by atoms with van der Waals surface area (Å²) in [6.45, 7) is 2.23. The fourth-order valence-corrected chi connectivity index (χ4v) is 2.50. The summed E-state index contributed by atoms with van der Waals surface area (Å²) in [7, 11) is 2.73. The molecule has 5 nitrogen and oxygen atoms in total. The normalized spacial score (nSPS) is 11.1. The lowest BCUT2D eigenvalue weighted by atomic mass is 10.1. The molecule has 0 heterocycles. The van der Waals surface area contributed by atoms with Gasteiger partial charge in [-0.1, -0.05) is 13.0 Å². The Hall–Kier alpha value is -1.27. The lowest BCUT2D eigenvalue weighted by Crippen LogP contribution is -2.09. The van der Waals surface area contributed by atoms with Crippen molar-refractivity contribution in [3.8, 4) is 5.75 Å². The molecular weight excluding hydrogens is 292 g/mol. The number of benzene rings is 1. The molecule has 7 heteroatoms. The number of ether oxygens (including phenoxy) is 2. The van der Waals surface area contributed by atoms with Crippen LogP contribution < -0.4 is 4.74 Å². The minimum Gasteiger partial charge on any atom is -0.495 e. The first-order valence-electron chi connectivity index (χ1n) is 5.65. The monoisotopic (exact) mass is 306 g/mol. The van der Waals surface area contributed by atoms with Crippen molar-refractivity contribution in [1.82, 2.24) is 0 Å². The molecule has 0 bridgehead atoms. The Bertz CT molecular complexity index is 553. The van der Waals surface area contributed by atoms with Gasteiger partial charge >= 0.3 is 5.97 Å². The molecule has 0 unspecified atom stereocenters. The standard InChI is InChI=1S/C12H15ClO5S/c1-3-6-18-12(14)8-9-4-5-10(17-2)11(7-9)19(13,15)16/h4-5,7H,3,6,8H2,1-2H3. The number of methoxy groups -OCH3 is 1. The number of hydrogen-bond donors (Lipinski definition) is 0. The average molecular weight is 307 g/mol. The molecule has 0 amide bonds. The maximum absolute atomic E-state index is 11.5. The third-order valence-corrected chi connectivity index (χ3v) is 3.65. The first kappa shape index (κ1) is 15.8. The molecule has 1 aromatic carbocycles. The molecular formula is C12H15ClO5S. The van der Waals surface area contributed by atoms with Gasteiger partial charge in [-0.3, -0.25) is 4.79 Å². The number of carbonyl (C=O) groups excluding carboxylic acids is 1. The summed E-state index contributed by atoms with van der Waals surface area (Å²) in [4.78, 5) is 11.3. The fourth-order valence-electron chi connectivity index (χ4n) is 1.46. The molecule has 0 aliphatic rings. The zero-order valence-corrected chi connectivity index (χ0v) is 12.3. The van der Waals surface area contributed by atoms with Crippen LogP contribution in [0.2, 0.25) is 0 Å². The first-order chi connectivity index (χ1) is 8.88. The molecule has 0 spiro atoms. The van der Waals surface area contributed by atoms with Gasteiger partial charge in [-0.05, 0) is 24.1 Å². The van der Waals surface area contributed by atoms with Gasteiger partial charge in [0.05, 0.1) is 20.1 Å². The van der Waals surface area contributed by atoms with Crippen molar-refractivity contribution in [3.05, 3.63) is 23.8 Å². The Labute approximate surface area is 116 Å². The SMILES string of the molecule is CCCOC(=O)Cc1ccc(OC)c(S(=O)(=O)Cl)c1. The van der Waals surface area contributed by atoms with Crippen LogP contribution in [0.5, 0.6) is 5.75 Å². The Morgan fingerprint density at radius 2 is 2.05 bits per heavy atom. The minimum atomic E-state index is -3.93. The molecule has 0 aliphatic heterocycles. The lowest BCUT2D eigenvalue weighted by Gasteiger charge is -2.08. The molecule has 0 aliphatic carbocycles. The summed E-state index contributed by atoms with van der Waals surface area (Å²) in [6, 6.07) is 4.36. The van der Waals surface area contributed by atoms with Gasteiger partial charge in [-0.25, -0.2) is 8.42 Å². The van der Waals surface area contributed by atoms with Crippen LogP contribution in [0.3, 0.4) is 0 Å². The van der Waals surface area contributed by atoms with E-state index in [4.69, 9.17) is 20.2 Å². The van der Waals surface area contributed by atoms with E-state index in [1.54, 1.807) is 6.07 Å². The van der Waals surface area contributed by atoms with Crippen molar-refractivity contribution in [2.24, 2.45) is 0 Å². The number of esters is 1. The van der Waals surface area contributed by atoms with Crippen molar-refractivity contribution in [3.63, 3.8) is 0 Å². The molecule has 19 heavy (non-hydrogen) atoms. The highest BCUT2D eigenvalue weighted by Gasteiger charge is 2.18. The third kappa shape index (κ3) is 4.72. The van der Waals surface area contributed by atoms with Crippen LogP contribution in [0.25, 0.3) is 0 Å². The van der Waals surface area contributed by atoms with Crippen molar-refractivity contribution < 1.29 is 22.7 Å². The van der Waals surface area contributed by atoms with E-state index in [9.17, 15) is 13.2 Å². The van der Waals surface area contributed by atoms with Crippen molar-refractivity contribution >= 4 is 25.7 Å². The van der Waals surface area contributed by atoms with Gasteiger partial charge in [-0.2, -0.15) is 0 Å². The van der Waals surface area contributed by atoms with E-state index in [0.29, 0.717) is 12.2 Å². The summed E-state index contributed by atoms with van der Waals surface area (Å²) in [5.74, 6) is -0.273. The second-order valence-electron chi connectivity index (χ2n) is 3.82. The number of rotatable bonds is 6. The first-order valence-corrected chi connectivity index (χ1v) is 7.96. The van der Waals surface area contributed by atoms with Gasteiger partial charge in [0, 0.05) is 10.7 Å². The third-order valence-electron chi connectivity index (χ3n) is 2.31. The van der Waals surface area contributed by atoms with Gasteiger partial charge in [0.1, 0.15) is 10.6 Å². The largest absolute Gasteiger partial charge is 0.495 e. The van der Waals surface area contributed by atoms with E-state index in [-0.39, 0.29) is 17.1 Å². The van der Waals surface area contributed by atoms with E-state index in [1.165, 1.54) is 19.2 Å². The van der Waals surface area contributed by atoms with Crippen LogP contribution in [-0.2, 0) is 25.0 Å². The number of carbonyl (C=O) groups is 1. The predicted molar refractivity (Wildman–Crippen MR) is 71.0 cm³/mol. The second kappa shape index (κ2) is 6.77. The van der Waals surface area contributed by atoms with E-state index in [2.05, 4.69) is 0 Å². The van der Waals surface area contributed by atoms with Crippen LogP contribution in [-0.4, -0.2) is 28.1 Å². The van der Waals surface area contributed by atoms with E-state index < -0.39 is 15.0 Å². The van der Waals surface area contributed by atoms with E-state index in [0.717, 1.165) is 6.42 Å². The molecule has 0 saturated carbocycles. The summed E-state index contributed by atoms with van der Waals surface area (Å²) in [6.07, 6.45) is 0.721. The zero-order valence-electron chi connectivity index (χ0n) is 10.7. The van der Waals surface area contributed by atoms with Gasteiger partial charge in [0.2, 0.25) is 0 Å². The summed E-state index contributed by atoms with van der Waals surface area (Å²) < 4.78 is 32.6. The predicted octanol–water partition coefficient (Wildman–Crippen LogP) is 2.12. The van der Waals surface area contributed by atoms with Gasteiger partial charge in [0.15, 0.2) is 0 Å². The Balaban J connectivity index is 2.96. The molecule has 0 N–H and O–H groups in total. The van der Waals surface area contributed by atoms with Crippen LogP contribution in [0.4, 0.5) is 0 Å². The quantitative estimate of drug-likeness (QED) is 0.595. The maximum atomic E-state index is 11.5. The average Bonchev–Trinajstić information content (AvgIpc) is 2.35. The van der Waals surface area contributed by atoms with Crippen LogP contribution >= 0.6 is 10.7 Å². The Morgan fingerprint density at radius 1 is 1.37 bits per heavy atom. The minimum absolute atomic E-state index is 0.0105. The smallest absolute Gasteiger partial charge is 0.310 e. The highest BCUT2D eigenvalue weighted by Crippen LogP contribution is 2.28.